The zero-order chi connectivity index (χ0) is 28.0. The molecule has 0 saturated carbocycles. The van der Waals surface area contributed by atoms with Gasteiger partial charge in [-0.1, -0.05) is 61.9 Å². The van der Waals surface area contributed by atoms with Gasteiger partial charge in [-0.15, -0.1) is 0 Å². The molecule has 1 fully saturated rings. The van der Waals surface area contributed by atoms with Gasteiger partial charge in [0.2, 0.25) is 0 Å². The molecule has 0 spiro atoms. The molecule has 2 atom stereocenters. The number of allylic oxidation sites excluding steroid dienone is 2. The number of rotatable bonds is 11. The van der Waals surface area contributed by atoms with Crippen molar-refractivity contribution in [3.05, 3.63) is 64.9 Å². The highest BCUT2D eigenvalue weighted by atomic mass is 16.2. The number of primary amides is 1. The third-order valence-corrected chi connectivity index (χ3v) is 7.43. The van der Waals surface area contributed by atoms with Crippen molar-refractivity contribution in [2.45, 2.75) is 86.1 Å². The van der Waals surface area contributed by atoms with Crippen LogP contribution in [0.5, 0.6) is 0 Å². The Labute approximate surface area is 227 Å². The van der Waals surface area contributed by atoms with E-state index in [2.05, 4.69) is 88.8 Å². The molecule has 1 aliphatic heterocycles. The molecule has 2 rings (SSSR count). The van der Waals surface area contributed by atoms with Gasteiger partial charge in [-0.3, -0.25) is 0 Å². The number of hydrogen-bond donors (Lipinski definition) is 2. The van der Waals surface area contributed by atoms with Gasteiger partial charge in [-0.2, -0.15) is 0 Å². The lowest BCUT2D eigenvalue weighted by Crippen LogP contribution is -2.41. The summed E-state index contributed by atoms with van der Waals surface area (Å²) >= 11 is 0. The summed E-state index contributed by atoms with van der Waals surface area (Å²) in [5.41, 5.74) is 12.1. The van der Waals surface area contributed by atoms with Gasteiger partial charge in [0.1, 0.15) is 0 Å². The van der Waals surface area contributed by atoms with E-state index in [1.807, 2.05) is 20.0 Å². The number of aryl methyl sites for hydroxylation is 1. The van der Waals surface area contributed by atoms with Crippen molar-refractivity contribution in [3.63, 3.8) is 0 Å². The van der Waals surface area contributed by atoms with Crippen molar-refractivity contribution < 1.29 is 4.79 Å². The summed E-state index contributed by atoms with van der Waals surface area (Å²) < 4.78 is 0. The van der Waals surface area contributed by atoms with E-state index >= 15 is 0 Å². The van der Waals surface area contributed by atoms with Crippen LogP contribution in [0.2, 0.25) is 0 Å². The maximum absolute atomic E-state index is 10.5. The van der Waals surface area contributed by atoms with Gasteiger partial charge in [-0.05, 0) is 102 Å². The van der Waals surface area contributed by atoms with Gasteiger partial charge in [0, 0.05) is 26.1 Å². The SMILES string of the molecule is C=CN(C)C(/C(C)=C\C)C(c1ccc(CC)cc1C=C(C)C)C1CCNCC1.CCCN(CC)C(N)=O. The minimum atomic E-state index is -0.320. The van der Waals surface area contributed by atoms with Crippen LogP contribution >= 0.6 is 0 Å². The monoisotopic (exact) mass is 510 g/mol. The summed E-state index contributed by atoms with van der Waals surface area (Å²) in [6, 6.07) is 7.17. The van der Waals surface area contributed by atoms with Gasteiger partial charge in [0.25, 0.3) is 0 Å². The van der Waals surface area contributed by atoms with Crippen LogP contribution in [0.25, 0.3) is 6.08 Å². The lowest BCUT2D eigenvalue weighted by atomic mass is 9.72. The second-order valence-corrected chi connectivity index (χ2v) is 10.4. The lowest BCUT2D eigenvalue weighted by molar-refractivity contribution is 0.210. The Morgan fingerprint density at radius 1 is 1.19 bits per heavy atom. The molecular weight excluding hydrogens is 456 g/mol. The van der Waals surface area contributed by atoms with Crippen LogP contribution in [0.1, 0.15) is 90.3 Å². The Hall–Kier alpha value is -2.53. The van der Waals surface area contributed by atoms with E-state index in [-0.39, 0.29) is 6.03 Å². The number of carbonyl (C=O) groups is 1. The van der Waals surface area contributed by atoms with E-state index in [9.17, 15) is 4.79 Å². The van der Waals surface area contributed by atoms with Crippen molar-refractivity contribution in [1.82, 2.24) is 15.1 Å². The fourth-order valence-corrected chi connectivity index (χ4v) is 5.31. The average Bonchev–Trinajstić information content (AvgIpc) is 2.90. The van der Waals surface area contributed by atoms with Gasteiger partial charge < -0.3 is 20.9 Å². The molecule has 2 unspecified atom stereocenters. The molecule has 37 heavy (non-hydrogen) atoms. The van der Waals surface area contributed by atoms with E-state index in [0.29, 0.717) is 24.4 Å². The number of nitrogens with zero attached hydrogens (tertiary/aromatic N) is 2. The average molecular weight is 511 g/mol. The number of urea groups is 1. The number of likely N-dealkylation sites (N-methyl/N-ethyl adjacent to an activating group) is 1. The zero-order valence-electron chi connectivity index (χ0n) is 24.9. The molecule has 0 aromatic heterocycles. The number of carbonyl (C=O) groups excluding carboxylic acids is 1. The lowest BCUT2D eigenvalue weighted by Gasteiger charge is -2.42. The maximum Gasteiger partial charge on any atom is 0.314 e. The summed E-state index contributed by atoms with van der Waals surface area (Å²) in [6.07, 6.45) is 11.1. The van der Waals surface area contributed by atoms with Gasteiger partial charge in [-0.25, -0.2) is 4.79 Å². The summed E-state index contributed by atoms with van der Waals surface area (Å²) in [4.78, 5) is 14.4. The second kappa shape index (κ2) is 17.1. The molecule has 0 radical (unpaired) electrons. The van der Waals surface area contributed by atoms with E-state index in [0.717, 1.165) is 32.5 Å². The first-order valence-electron chi connectivity index (χ1n) is 14.1. The molecule has 1 aliphatic rings. The van der Waals surface area contributed by atoms with Crippen LogP contribution in [0.3, 0.4) is 0 Å². The number of amides is 2. The quantitative estimate of drug-likeness (QED) is 0.316. The zero-order valence-corrected chi connectivity index (χ0v) is 24.9. The van der Waals surface area contributed by atoms with E-state index < -0.39 is 0 Å². The molecule has 3 N–H and O–H groups in total. The van der Waals surface area contributed by atoms with Gasteiger partial charge in [0.05, 0.1) is 6.04 Å². The molecule has 1 aromatic carbocycles. The molecule has 5 heteroatoms. The fourth-order valence-electron chi connectivity index (χ4n) is 5.31. The molecule has 0 bridgehead atoms. The Bertz CT molecular complexity index is 894. The highest BCUT2D eigenvalue weighted by Gasteiger charge is 2.35. The standard InChI is InChI=1S/C26H40N2.C6H14N2O/c1-8-20(6)26(28(7)10-3)25(22-13-15-27-16-14-22)24-12-11-21(9-2)18-23(24)17-19(4)5;1-3-5-8(4-2)6(7)9/h8,10-12,17-18,22,25-27H,3,9,13-16H2,1-2,4-7H3;3-5H2,1-2H3,(H2,7,9)/b20-8-;. The Morgan fingerprint density at radius 3 is 2.27 bits per heavy atom. The highest BCUT2D eigenvalue weighted by molar-refractivity contribution is 5.71. The second-order valence-electron chi connectivity index (χ2n) is 10.4. The molecular formula is C32H54N4O. The molecule has 208 valence electrons. The first-order chi connectivity index (χ1) is 17.6. The highest BCUT2D eigenvalue weighted by Crippen LogP contribution is 2.41. The fraction of sp³-hybridized carbons (Fsp3) is 0.594. The normalized spacial score (nSPS) is 15.6. The number of hydrogen-bond acceptors (Lipinski definition) is 3. The van der Waals surface area contributed by atoms with Crippen molar-refractivity contribution in [1.29, 1.82) is 0 Å². The largest absolute Gasteiger partial charge is 0.374 e. The predicted octanol–water partition coefficient (Wildman–Crippen LogP) is 6.96. The van der Waals surface area contributed by atoms with Crippen molar-refractivity contribution in [2.75, 3.05) is 33.2 Å². The summed E-state index contributed by atoms with van der Waals surface area (Å²) in [6.45, 7) is 22.8. The number of piperidine rings is 1. The van der Waals surface area contributed by atoms with Gasteiger partial charge in [0.15, 0.2) is 0 Å². The maximum atomic E-state index is 10.5. The van der Waals surface area contributed by atoms with Crippen molar-refractivity contribution >= 4 is 12.1 Å². The number of nitrogens with one attached hydrogen (secondary N) is 1. The number of benzene rings is 1. The molecule has 1 heterocycles. The van der Waals surface area contributed by atoms with Crippen LogP contribution in [0.15, 0.2) is 48.2 Å². The van der Waals surface area contributed by atoms with Crippen LogP contribution < -0.4 is 11.1 Å². The van der Waals surface area contributed by atoms with Crippen LogP contribution in [-0.4, -0.2) is 55.1 Å². The summed E-state index contributed by atoms with van der Waals surface area (Å²) in [7, 11) is 2.18. The predicted molar refractivity (Wildman–Crippen MR) is 162 cm³/mol. The van der Waals surface area contributed by atoms with E-state index in [4.69, 9.17) is 5.73 Å². The van der Waals surface area contributed by atoms with Crippen molar-refractivity contribution in [3.8, 4) is 0 Å². The van der Waals surface area contributed by atoms with E-state index in [1.165, 1.54) is 40.7 Å². The van der Waals surface area contributed by atoms with E-state index in [1.54, 1.807) is 4.90 Å². The first kappa shape index (κ1) is 32.5. The van der Waals surface area contributed by atoms with Gasteiger partial charge >= 0.3 is 6.03 Å². The smallest absolute Gasteiger partial charge is 0.314 e. The summed E-state index contributed by atoms with van der Waals surface area (Å²) in [5, 5.41) is 3.55. The molecule has 0 aliphatic carbocycles. The number of nitrogens with two attached hydrogens (primary N) is 1. The first-order valence-corrected chi connectivity index (χ1v) is 14.1. The minimum Gasteiger partial charge on any atom is -0.374 e. The Morgan fingerprint density at radius 2 is 1.84 bits per heavy atom. The molecule has 5 nitrogen and oxygen atoms in total. The summed E-state index contributed by atoms with van der Waals surface area (Å²) in [5.74, 6) is 1.12. The molecule has 1 aromatic rings. The topological polar surface area (TPSA) is 61.6 Å². The third-order valence-electron chi connectivity index (χ3n) is 7.43. The van der Waals surface area contributed by atoms with Crippen LogP contribution in [-0.2, 0) is 6.42 Å². The minimum absolute atomic E-state index is 0.320. The van der Waals surface area contributed by atoms with Crippen LogP contribution in [0, 0.1) is 5.92 Å². The molecule has 2 amide bonds. The van der Waals surface area contributed by atoms with Crippen molar-refractivity contribution in [2.24, 2.45) is 11.7 Å². The molecule has 1 saturated heterocycles. The third kappa shape index (κ3) is 10.0. The Kier molecular flexibility index (Phi) is 15.0. The van der Waals surface area contributed by atoms with Crippen LogP contribution in [0.4, 0.5) is 4.79 Å². The Balaban J connectivity index is 0.000000649.